The molecule has 1 heterocycles. The van der Waals surface area contributed by atoms with Crippen molar-refractivity contribution in [3.63, 3.8) is 0 Å². The van der Waals surface area contributed by atoms with Crippen molar-refractivity contribution in [2.75, 3.05) is 0 Å². The number of rotatable bonds is 1. The molecule has 2 fully saturated rings. The van der Waals surface area contributed by atoms with E-state index in [4.69, 9.17) is 4.74 Å². The standard InChI is InChI=1S/C11H17NO3/c1-7(2)8-3-5-11(6-4-8)9(13)12-10(14)15-11/h7-8H,3-6H2,1-2H3,(H,12,13,14). The van der Waals surface area contributed by atoms with Crippen molar-refractivity contribution in [3.05, 3.63) is 0 Å². The van der Waals surface area contributed by atoms with E-state index in [1.54, 1.807) is 0 Å². The Labute approximate surface area is 89.4 Å². The van der Waals surface area contributed by atoms with Gasteiger partial charge in [-0.05, 0) is 37.5 Å². The Morgan fingerprint density at radius 1 is 1.33 bits per heavy atom. The van der Waals surface area contributed by atoms with Crippen LogP contribution in [0.1, 0.15) is 39.5 Å². The van der Waals surface area contributed by atoms with Crippen LogP contribution in [-0.4, -0.2) is 17.6 Å². The number of carbonyl (C=O) groups excluding carboxylic acids is 2. The minimum absolute atomic E-state index is 0.241. The first kappa shape index (κ1) is 10.5. The molecule has 1 N–H and O–H groups in total. The van der Waals surface area contributed by atoms with Gasteiger partial charge in [-0.3, -0.25) is 10.1 Å². The van der Waals surface area contributed by atoms with Crippen LogP contribution in [0.4, 0.5) is 4.79 Å². The number of amides is 2. The van der Waals surface area contributed by atoms with Gasteiger partial charge in [0.05, 0.1) is 0 Å². The van der Waals surface area contributed by atoms with Gasteiger partial charge < -0.3 is 4.74 Å². The molecule has 0 aromatic carbocycles. The third kappa shape index (κ3) is 1.73. The van der Waals surface area contributed by atoms with Gasteiger partial charge in [-0.1, -0.05) is 13.8 Å². The SMILES string of the molecule is CC(C)C1CCC2(CC1)OC(=O)NC2=O. The Morgan fingerprint density at radius 3 is 2.33 bits per heavy atom. The molecule has 0 unspecified atom stereocenters. The summed E-state index contributed by atoms with van der Waals surface area (Å²) in [5.74, 6) is 1.06. The van der Waals surface area contributed by atoms with Crippen LogP contribution < -0.4 is 5.32 Å². The van der Waals surface area contributed by atoms with E-state index < -0.39 is 11.7 Å². The summed E-state index contributed by atoms with van der Waals surface area (Å²) in [7, 11) is 0. The summed E-state index contributed by atoms with van der Waals surface area (Å²) >= 11 is 0. The van der Waals surface area contributed by atoms with E-state index in [1.807, 2.05) is 0 Å². The number of hydrogen-bond acceptors (Lipinski definition) is 3. The highest BCUT2D eigenvalue weighted by Gasteiger charge is 2.50. The number of imide groups is 1. The first-order valence-electron chi connectivity index (χ1n) is 5.58. The quantitative estimate of drug-likeness (QED) is 0.720. The maximum absolute atomic E-state index is 11.6. The zero-order chi connectivity index (χ0) is 11.1. The molecule has 4 nitrogen and oxygen atoms in total. The summed E-state index contributed by atoms with van der Waals surface area (Å²) in [6.45, 7) is 4.40. The highest BCUT2D eigenvalue weighted by atomic mass is 16.6. The van der Waals surface area contributed by atoms with Crippen LogP contribution in [-0.2, 0) is 9.53 Å². The molecule has 84 valence electrons. The van der Waals surface area contributed by atoms with Gasteiger partial charge in [0.2, 0.25) is 0 Å². The summed E-state index contributed by atoms with van der Waals surface area (Å²) in [6.07, 6.45) is 2.71. The van der Waals surface area contributed by atoms with E-state index >= 15 is 0 Å². The molecule has 2 amide bonds. The van der Waals surface area contributed by atoms with E-state index in [9.17, 15) is 9.59 Å². The molecule has 0 atom stereocenters. The predicted octanol–water partition coefficient (Wildman–Crippen LogP) is 1.84. The van der Waals surface area contributed by atoms with E-state index in [0.717, 1.165) is 12.8 Å². The summed E-state index contributed by atoms with van der Waals surface area (Å²) in [6, 6.07) is 0. The zero-order valence-corrected chi connectivity index (χ0v) is 9.21. The average Bonchev–Trinajstić information content (AvgIpc) is 2.42. The maximum Gasteiger partial charge on any atom is 0.415 e. The van der Waals surface area contributed by atoms with Crippen molar-refractivity contribution in [2.45, 2.75) is 45.1 Å². The van der Waals surface area contributed by atoms with Crippen molar-refractivity contribution in [1.29, 1.82) is 0 Å². The van der Waals surface area contributed by atoms with Crippen LogP contribution in [0.3, 0.4) is 0 Å². The van der Waals surface area contributed by atoms with Crippen LogP contribution in [0.15, 0.2) is 0 Å². The highest BCUT2D eigenvalue weighted by Crippen LogP contribution is 2.39. The number of nitrogens with one attached hydrogen (secondary N) is 1. The number of ether oxygens (including phenoxy) is 1. The first-order valence-corrected chi connectivity index (χ1v) is 5.58. The summed E-state index contributed by atoms with van der Waals surface area (Å²) in [5, 5.41) is 2.22. The van der Waals surface area contributed by atoms with Crippen LogP contribution in [0.5, 0.6) is 0 Å². The maximum atomic E-state index is 11.6. The molecule has 2 rings (SSSR count). The Bertz CT molecular complexity index is 290. The van der Waals surface area contributed by atoms with Crippen molar-refractivity contribution >= 4 is 12.0 Å². The van der Waals surface area contributed by atoms with E-state index in [1.165, 1.54) is 0 Å². The van der Waals surface area contributed by atoms with Gasteiger partial charge >= 0.3 is 6.09 Å². The molecule has 1 saturated heterocycles. The second-order valence-corrected chi connectivity index (χ2v) is 4.92. The lowest BCUT2D eigenvalue weighted by atomic mass is 9.74. The van der Waals surface area contributed by atoms with Gasteiger partial charge in [0.1, 0.15) is 0 Å². The Kier molecular flexibility index (Phi) is 2.44. The smallest absolute Gasteiger partial charge is 0.415 e. The van der Waals surface area contributed by atoms with Gasteiger partial charge in [0.25, 0.3) is 5.91 Å². The fourth-order valence-corrected chi connectivity index (χ4v) is 2.56. The summed E-state index contributed by atoms with van der Waals surface area (Å²) < 4.78 is 5.13. The third-order valence-corrected chi connectivity index (χ3v) is 3.70. The molecule has 0 radical (unpaired) electrons. The molecule has 1 spiro atoms. The van der Waals surface area contributed by atoms with E-state index in [0.29, 0.717) is 24.7 Å². The predicted molar refractivity (Wildman–Crippen MR) is 54.2 cm³/mol. The topological polar surface area (TPSA) is 55.4 Å². The van der Waals surface area contributed by atoms with Gasteiger partial charge in [-0.15, -0.1) is 0 Å². The van der Waals surface area contributed by atoms with E-state index in [-0.39, 0.29) is 5.91 Å². The molecule has 0 aromatic rings. The minimum Gasteiger partial charge on any atom is -0.432 e. The monoisotopic (exact) mass is 211 g/mol. The van der Waals surface area contributed by atoms with Gasteiger partial charge in [0, 0.05) is 0 Å². The lowest BCUT2D eigenvalue weighted by Gasteiger charge is -2.34. The molecule has 4 heteroatoms. The summed E-state index contributed by atoms with van der Waals surface area (Å²) in [5.41, 5.74) is -0.831. The second kappa shape index (κ2) is 3.51. The fraction of sp³-hybridized carbons (Fsp3) is 0.818. The lowest BCUT2D eigenvalue weighted by Crippen LogP contribution is -2.43. The Morgan fingerprint density at radius 2 is 1.93 bits per heavy atom. The van der Waals surface area contributed by atoms with Crippen LogP contribution in [0, 0.1) is 11.8 Å². The Hall–Kier alpha value is -1.06. The van der Waals surface area contributed by atoms with E-state index in [2.05, 4.69) is 19.2 Å². The fourth-order valence-electron chi connectivity index (χ4n) is 2.56. The normalized spacial score (nSPS) is 35.8. The first-order chi connectivity index (χ1) is 7.03. The van der Waals surface area contributed by atoms with Crippen LogP contribution in [0.2, 0.25) is 0 Å². The molecule has 0 bridgehead atoms. The molecule has 1 aliphatic heterocycles. The van der Waals surface area contributed by atoms with Crippen LogP contribution >= 0.6 is 0 Å². The number of alkyl carbamates (subject to hydrolysis) is 1. The second-order valence-electron chi connectivity index (χ2n) is 4.92. The minimum atomic E-state index is -0.831. The average molecular weight is 211 g/mol. The van der Waals surface area contributed by atoms with Gasteiger partial charge in [-0.25, -0.2) is 4.79 Å². The highest BCUT2D eigenvalue weighted by molar-refractivity contribution is 6.02. The molecular weight excluding hydrogens is 194 g/mol. The van der Waals surface area contributed by atoms with Crippen molar-refractivity contribution < 1.29 is 14.3 Å². The third-order valence-electron chi connectivity index (χ3n) is 3.70. The lowest BCUT2D eigenvalue weighted by molar-refractivity contribution is -0.135. The van der Waals surface area contributed by atoms with Gasteiger partial charge in [0.15, 0.2) is 5.60 Å². The molecule has 1 aliphatic carbocycles. The molecule has 2 aliphatic rings. The van der Waals surface area contributed by atoms with Gasteiger partial charge in [-0.2, -0.15) is 0 Å². The number of carbonyl (C=O) groups is 2. The molecule has 15 heavy (non-hydrogen) atoms. The summed E-state index contributed by atoms with van der Waals surface area (Å²) in [4.78, 5) is 22.6. The zero-order valence-electron chi connectivity index (χ0n) is 9.21. The van der Waals surface area contributed by atoms with Crippen molar-refractivity contribution in [1.82, 2.24) is 5.32 Å². The van der Waals surface area contributed by atoms with Crippen LogP contribution in [0.25, 0.3) is 0 Å². The molecule has 0 aromatic heterocycles. The molecule has 1 saturated carbocycles. The van der Waals surface area contributed by atoms with Crippen molar-refractivity contribution in [2.24, 2.45) is 11.8 Å². The largest absolute Gasteiger partial charge is 0.432 e. The molecular formula is C11H17NO3. The Balaban J connectivity index is 2.03. The number of hydrogen-bond donors (Lipinski definition) is 1. The van der Waals surface area contributed by atoms with Crippen molar-refractivity contribution in [3.8, 4) is 0 Å².